The van der Waals surface area contributed by atoms with Crippen LogP contribution in [0, 0.1) is 17.9 Å². The van der Waals surface area contributed by atoms with Gasteiger partial charge >= 0.3 is 0 Å². The Kier molecular flexibility index (Phi) is 10.0. The smallest absolute Gasteiger partial charge is 0.130 e. The van der Waals surface area contributed by atoms with E-state index in [1.165, 1.54) is 16.8 Å². The van der Waals surface area contributed by atoms with Crippen LogP contribution in [0.1, 0.15) is 52.0 Å². The van der Waals surface area contributed by atoms with Gasteiger partial charge in [-0.3, -0.25) is 0 Å². The molecule has 3 aromatic heterocycles. The first-order chi connectivity index (χ1) is 20.3. The molecule has 0 aliphatic rings. The molecule has 0 bridgehead atoms. The Bertz CT molecular complexity index is 1890. The summed E-state index contributed by atoms with van der Waals surface area (Å²) in [5, 5.41) is 2.91. The Morgan fingerprint density at radius 3 is 2.35 bits per heavy atom. The number of rotatable bonds is 5. The predicted octanol–water partition coefficient (Wildman–Crippen LogP) is 10.4. The molecule has 6 aromatic rings. The van der Waals surface area contributed by atoms with Gasteiger partial charge in [-0.1, -0.05) is 82.0 Å². The van der Waals surface area contributed by atoms with Gasteiger partial charge in [0.15, 0.2) is 0 Å². The van der Waals surface area contributed by atoms with E-state index in [0.717, 1.165) is 42.9 Å². The second-order valence-electron chi connectivity index (χ2n) is 12.1. The quantitative estimate of drug-likeness (QED) is 0.129. The molecule has 0 saturated carbocycles. The van der Waals surface area contributed by atoms with Crippen LogP contribution in [-0.2, 0) is 20.1 Å². The number of fused-ring (bicyclic) bond motifs is 3. The van der Waals surface area contributed by atoms with Gasteiger partial charge in [0, 0.05) is 44.0 Å². The molecule has 43 heavy (non-hydrogen) atoms. The first kappa shape index (κ1) is 31.4. The summed E-state index contributed by atoms with van der Waals surface area (Å²) in [6, 6.07) is 29.6. The minimum Gasteiger partial charge on any atom is -0.305 e. The second-order valence-corrected chi connectivity index (χ2v) is 18.2. The van der Waals surface area contributed by atoms with Crippen LogP contribution in [0.3, 0.4) is 0 Å². The maximum atomic E-state index is 14.2. The number of hydrogen-bond acceptors (Lipinski definition) is 3. The Balaban J connectivity index is 0.000000199. The molecule has 0 spiro atoms. The van der Waals surface area contributed by atoms with Gasteiger partial charge in [-0.25, -0.2) is 4.39 Å². The number of benzene rings is 3. The van der Waals surface area contributed by atoms with Crippen molar-refractivity contribution in [3.8, 4) is 22.5 Å². The molecular weight excluding hydrogens is 744 g/mol. The molecule has 0 amide bonds. The van der Waals surface area contributed by atoms with Crippen LogP contribution in [0.2, 0.25) is 19.6 Å². The van der Waals surface area contributed by atoms with Gasteiger partial charge in [-0.2, -0.15) is 11.3 Å². The Labute approximate surface area is 275 Å². The van der Waals surface area contributed by atoms with Gasteiger partial charge in [0.2, 0.25) is 0 Å². The molecule has 0 saturated heterocycles. The van der Waals surface area contributed by atoms with Crippen LogP contribution in [0.4, 0.5) is 4.39 Å². The van der Waals surface area contributed by atoms with Crippen molar-refractivity contribution in [2.75, 3.05) is 0 Å². The zero-order valence-electron chi connectivity index (χ0n) is 26.7. The summed E-state index contributed by atoms with van der Waals surface area (Å²) in [6.07, 6.45) is 3.82. The molecule has 0 N–H and O–H groups in total. The number of hydrogen-bond donors (Lipinski definition) is 0. The molecule has 0 unspecified atom stereocenters. The molecule has 0 aliphatic heterocycles. The van der Waals surface area contributed by atoms with E-state index in [0.29, 0.717) is 11.3 Å². The number of aromatic nitrogens is 2. The minimum atomic E-state index is -1.50. The maximum absolute atomic E-state index is 14.2. The molecule has 1 radical (unpaired) electrons. The molecule has 0 aliphatic carbocycles. The van der Waals surface area contributed by atoms with Crippen molar-refractivity contribution in [1.82, 2.24) is 9.97 Å². The largest absolute Gasteiger partial charge is 0.305 e. The van der Waals surface area contributed by atoms with E-state index in [-0.39, 0.29) is 25.9 Å². The van der Waals surface area contributed by atoms with Gasteiger partial charge in [-0.15, -0.1) is 59.7 Å². The summed E-state index contributed by atoms with van der Waals surface area (Å²) < 4.78 is 24.7. The second kappa shape index (κ2) is 13.7. The molecule has 3 aromatic carbocycles. The van der Waals surface area contributed by atoms with Crippen molar-refractivity contribution >= 4 is 44.8 Å². The molecule has 6 heteroatoms. The van der Waals surface area contributed by atoms with Crippen molar-refractivity contribution in [3.63, 3.8) is 0 Å². The SMILES string of the molecule is CC(C)c1ccnc(-c2[c-]ccc3c2sc2cccc(F)c23)c1.[2H]C(C)(C)c1cc(-c2[c-]cccc2)ncc1[Si](C)(C)C.[Ir]. The number of thiophene rings is 1. The van der Waals surface area contributed by atoms with Gasteiger partial charge in [0.25, 0.3) is 0 Å². The standard InChI is InChI=1S/C20H15FNS.C17H22NSi.Ir/c1-12(2)13-9-10-22-17(11-13)14-5-3-6-15-19-16(21)7-4-8-18(19)23-20(14)15;1-13(2)15-11-16(14-9-7-6-8-10-14)18-12-17(15)19(3,4)5;/h3-4,6-12H,1-2H3;6-9,11-13H,1-5H3;/q2*-1;/i;13D;. The van der Waals surface area contributed by atoms with Crippen molar-refractivity contribution in [2.24, 2.45) is 0 Å². The summed E-state index contributed by atoms with van der Waals surface area (Å²) in [6.45, 7) is 15.1. The van der Waals surface area contributed by atoms with Gasteiger partial charge in [0.05, 0.1) is 8.07 Å². The summed E-state index contributed by atoms with van der Waals surface area (Å²) in [7, 11) is -1.50. The first-order valence-corrected chi connectivity index (χ1v) is 18.6. The maximum Gasteiger partial charge on any atom is 0.130 e. The fourth-order valence-electron chi connectivity index (χ4n) is 5.05. The van der Waals surface area contributed by atoms with Gasteiger partial charge in [0.1, 0.15) is 5.82 Å². The molecular formula is C37H37FIrN2SSi-2. The normalized spacial score (nSPS) is 12.1. The summed E-state index contributed by atoms with van der Waals surface area (Å²) >= 11 is 1.60. The van der Waals surface area contributed by atoms with E-state index in [2.05, 4.69) is 67.7 Å². The van der Waals surface area contributed by atoms with Crippen LogP contribution in [0.5, 0.6) is 0 Å². The third-order valence-electron chi connectivity index (χ3n) is 7.35. The predicted molar refractivity (Wildman–Crippen MR) is 181 cm³/mol. The third kappa shape index (κ3) is 7.21. The molecule has 6 rings (SSSR count). The van der Waals surface area contributed by atoms with Crippen molar-refractivity contribution in [3.05, 3.63) is 114 Å². The number of pyridine rings is 2. The van der Waals surface area contributed by atoms with Crippen LogP contribution >= 0.6 is 11.3 Å². The van der Waals surface area contributed by atoms with Crippen molar-refractivity contribution < 1.29 is 25.9 Å². The minimum absolute atomic E-state index is 0. The van der Waals surface area contributed by atoms with Crippen LogP contribution in [-0.4, -0.2) is 18.0 Å². The van der Waals surface area contributed by atoms with Crippen LogP contribution in [0.15, 0.2) is 85.2 Å². The van der Waals surface area contributed by atoms with E-state index in [1.807, 2.05) is 74.8 Å². The average molecular weight is 782 g/mol. The van der Waals surface area contributed by atoms with E-state index in [1.54, 1.807) is 17.4 Å². The molecule has 0 atom stereocenters. The van der Waals surface area contributed by atoms with Crippen LogP contribution < -0.4 is 5.19 Å². The summed E-state index contributed by atoms with van der Waals surface area (Å²) in [4.78, 5) is 9.13. The third-order valence-corrected chi connectivity index (χ3v) is 10.6. The van der Waals surface area contributed by atoms with E-state index < -0.39 is 14.0 Å². The summed E-state index contributed by atoms with van der Waals surface area (Å²) in [5.74, 6) is -0.340. The van der Waals surface area contributed by atoms with Crippen LogP contribution in [0.25, 0.3) is 42.7 Å². The average Bonchev–Trinajstić information content (AvgIpc) is 3.37. The summed E-state index contributed by atoms with van der Waals surface area (Å²) in [5.41, 5.74) is 6.08. The Hall–Kier alpha value is -3.02. The monoisotopic (exact) mass is 782 g/mol. The molecule has 3 heterocycles. The zero-order chi connectivity index (χ0) is 30.9. The van der Waals surface area contributed by atoms with Gasteiger partial charge < -0.3 is 9.97 Å². The molecule has 2 nitrogen and oxygen atoms in total. The Morgan fingerprint density at radius 1 is 0.884 bits per heavy atom. The molecule has 223 valence electrons. The van der Waals surface area contributed by atoms with Crippen molar-refractivity contribution in [2.45, 2.75) is 59.1 Å². The Morgan fingerprint density at radius 2 is 1.67 bits per heavy atom. The topological polar surface area (TPSA) is 25.8 Å². The number of halogens is 1. The molecule has 0 fully saturated rings. The van der Waals surface area contributed by atoms with Gasteiger partial charge in [-0.05, 0) is 51.3 Å². The van der Waals surface area contributed by atoms with E-state index in [9.17, 15) is 4.39 Å². The fraction of sp³-hybridized carbons (Fsp3) is 0.243. The van der Waals surface area contributed by atoms with E-state index in [4.69, 9.17) is 1.37 Å². The van der Waals surface area contributed by atoms with E-state index >= 15 is 0 Å². The zero-order valence-corrected chi connectivity index (χ0v) is 29.9. The fourth-order valence-corrected chi connectivity index (χ4v) is 7.85. The first-order valence-electron chi connectivity index (χ1n) is 14.8. The van der Waals surface area contributed by atoms with Crippen molar-refractivity contribution in [1.29, 1.82) is 0 Å². The number of nitrogens with zero attached hydrogens (tertiary/aromatic N) is 2.